The van der Waals surface area contributed by atoms with Crippen LogP contribution < -0.4 is 0 Å². The van der Waals surface area contributed by atoms with E-state index in [2.05, 4.69) is 18.9 Å². The summed E-state index contributed by atoms with van der Waals surface area (Å²) < 4.78 is 13.2. The first-order chi connectivity index (χ1) is 7.72. The highest BCUT2D eigenvalue weighted by atomic mass is 19.1. The molecule has 1 nitrogen and oxygen atoms in total. The van der Waals surface area contributed by atoms with E-state index in [4.69, 9.17) is 0 Å². The van der Waals surface area contributed by atoms with Gasteiger partial charge in [-0.25, -0.2) is 4.39 Å². The molecule has 0 amide bonds. The van der Waals surface area contributed by atoms with Crippen LogP contribution in [0, 0.1) is 5.82 Å². The Kier molecular flexibility index (Phi) is 3.59. The minimum Gasteiger partial charge on any atom is -0.299 e. The van der Waals surface area contributed by atoms with Gasteiger partial charge in [0.2, 0.25) is 0 Å². The molecule has 88 valence electrons. The molecule has 1 aromatic rings. The van der Waals surface area contributed by atoms with Crippen molar-refractivity contribution in [2.75, 3.05) is 13.6 Å². The maximum absolute atomic E-state index is 13.2. The lowest BCUT2D eigenvalue weighted by atomic mass is 10.1. The Bertz CT molecular complexity index is 362. The second kappa shape index (κ2) is 4.96. The average Bonchev–Trinajstić information content (AvgIpc) is 2.68. The minimum absolute atomic E-state index is 0.102. The second-order valence-electron chi connectivity index (χ2n) is 4.73. The fraction of sp³-hybridized carbons (Fsp3) is 0.571. The normalized spacial score (nSPS) is 19.1. The van der Waals surface area contributed by atoms with Crippen LogP contribution in [0.1, 0.15) is 43.4 Å². The van der Waals surface area contributed by atoms with Crippen LogP contribution >= 0.6 is 0 Å². The Morgan fingerprint density at radius 2 is 2.25 bits per heavy atom. The van der Waals surface area contributed by atoms with Gasteiger partial charge in [0, 0.05) is 6.04 Å². The van der Waals surface area contributed by atoms with Crippen molar-refractivity contribution in [3.8, 4) is 0 Å². The smallest absolute Gasteiger partial charge is 0.123 e. The first-order valence-electron chi connectivity index (χ1n) is 6.21. The summed E-state index contributed by atoms with van der Waals surface area (Å²) in [6.45, 7) is 3.31. The van der Waals surface area contributed by atoms with E-state index in [-0.39, 0.29) is 5.82 Å². The lowest BCUT2D eigenvalue weighted by molar-refractivity contribution is 0.240. The van der Waals surface area contributed by atoms with Crippen molar-refractivity contribution in [2.24, 2.45) is 0 Å². The van der Waals surface area contributed by atoms with E-state index in [1.807, 2.05) is 6.07 Å². The van der Waals surface area contributed by atoms with Gasteiger partial charge in [0.1, 0.15) is 5.82 Å². The van der Waals surface area contributed by atoms with Gasteiger partial charge in [0.05, 0.1) is 0 Å². The molecule has 0 spiro atoms. The Balaban J connectivity index is 2.12. The first-order valence-corrected chi connectivity index (χ1v) is 6.21. The van der Waals surface area contributed by atoms with Gasteiger partial charge in [0.25, 0.3) is 0 Å². The van der Waals surface area contributed by atoms with Gasteiger partial charge in [-0.05, 0) is 56.1 Å². The predicted molar refractivity (Wildman–Crippen MR) is 65.0 cm³/mol. The topological polar surface area (TPSA) is 3.24 Å². The summed E-state index contributed by atoms with van der Waals surface area (Å²) in [6.07, 6.45) is 4.67. The summed E-state index contributed by atoms with van der Waals surface area (Å²) in [6, 6.07) is 5.67. The lowest BCUT2D eigenvalue weighted by Crippen LogP contribution is -2.24. The van der Waals surface area contributed by atoms with E-state index in [9.17, 15) is 4.39 Å². The maximum atomic E-state index is 13.2. The third-order valence-corrected chi connectivity index (χ3v) is 3.55. The molecule has 0 N–H and O–H groups in total. The van der Waals surface area contributed by atoms with Crippen LogP contribution in [-0.2, 0) is 6.42 Å². The zero-order valence-corrected chi connectivity index (χ0v) is 10.2. The number of halogens is 1. The molecular formula is C14H20FN. The van der Waals surface area contributed by atoms with Crippen LogP contribution in [0.4, 0.5) is 4.39 Å². The minimum atomic E-state index is -0.102. The van der Waals surface area contributed by atoms with Gasteiger partial charge < -0.3 is 0 Å². The van der Waals surface area contributed by atoms with Crippen molar-refractivity contribution in [3.05, 3.63) is 35.1 Å². The Hall–Kier alpha value is -0.890. The first kappa shape index (κ1) is 11.6. The molecule has 0 aromatic heterocycles. The highest BCUT2D eigenvalue weighted by Crippen LogP contribution is 2.35. The van der Waals surface area contributed by atoms with E-state index in [1.165, 1.54) is 24.0 Å². The van der Waals surface area contributed by atoms with E-state index < -0.39 is 0 Å². The number of fused-ring (bicyclic) bond motifs is 1. The summed E-state index contributed by atoms with van der Waals surface area (Å²) in [4.78, 5) is 2.37. The number of unbranched alkanes of at least 4 members (excludes halogenated alkanes) is 1. The Morgan fingerprint density at radius 1 is 1.44 bits per heavy atom. The number of aryl methyl sites for hydroxylation is 1. The number of rotatable bonds is 4. The van der Waals surface area contributed by atoms with Crippen molar-refractivity contribution < 1.29 is 4.39 Å². The average molecular weight is 221 g/mol. The monoisotopic (exact) mass is 221 g/mol. The fourth-order valence-electron chi connectivity index (χ4n) is 2.57. The van der Waals surface area contributed by atoms with Crippen LogP contribution in [-0.4, -0.2) is 18.5 Å². The molecule has 0 saturated heterocycles. The van der Waals surface area contributed by atoms with E-state index in [0.29, 0.717) is 6.04 Å². The van der Waals surface area contributed by atoms with Crippen molar-refractivity contribution in [1.82, 2.24) is 4.90 Å². The molecule has 1 aliphatic carbocycles. The van der Waals surface area contributed by atoms with E-state index in [1.54, 1.807) is 12.1 Å². The molecule has 0 bridgehead atoms. The molecule has 1 aromatic carbocycles. The molecule has 1 aliphatic rings. The van der Waals surface area contributed by atoms with Crippen molar-refractivity contribution >= 4 is 0 Å². The summed E-state index contributed by atoms with van der Waals surface area (Å²) in [5, 5.41) is 0. The van der Waals surface area contributed by atoms with Gasteiger partial charge in [0.15, 0.2) is 0 Å². The molecule has 16 heavy (non-hydrogen) atoms. The third kappa shape index (κ3) is 2.27. The van der Waals surface area contributed by atoms with Gasteiger partial charge in [-0.15, -0.1) is 0 Å². The Labute approximate surface area is 97.3 Å². The fourth-order valence-corrected chi connectivity index (χ4v) is 2.57. The molecule has 1 atom stereocenters. The molecule has 2 heteroatoms. The van der Waals surface area contributed by atoms with E-state index >= 15 is 0 Å². The quantitative estimate of drug-likeness (QED) is 0.751. The van der Waals surface area contributed by atoms with Gasteiger partial charge in [-0.2, -0.15) is 0 Å². The standard InChI is InChI=1S/C14H20FN/c1-3-4-9-16(2)14-8-6-11-5-7-12(15)10-13(11)14/h5,7,10,14H,3-4,6,8-9H2,1-2H3/t14-/m0/s1. The molecule has 2 rings (SSSR count). The molecule has 0 saturated carbocycles. The summed E-state index contributed by atoms with van der Waals surface area (Å²) in [7, 11) is 2.15. The maximum Gasteiger partial charge on any atom is 0.123 e. The number of benzene rings is 1. The largest absolute Gasteiger partial charge is 0.299 e. The summed E-state index contributed by atoms with van der Waals surface area (Å²) in [5.41, 5.74) is 2.54. The number of nitrogens with zero attached hydrogens (tertiary/aromatic N) is 1. The highest BCUT2D eigenvalue weighted by Gasteiger charge is 2.25. The molecule has 0 aliphatic heterocycles. The van der Waals surface area contributed by atoms with Crippen molar-refractivity contribution in [3.63, 3.8) is 0 Å². The molecule has 0 fully saturated rings. The Morgan fingerprint density at radius 3 is 3.00 bits per heavy atom. The number of hydrogen-bond donors (Lipinski definition) is 0. The lowest BCUT2D eigenvalue weighted by Gasteiger charge is -2.25. The second-order valence-corrected chi connectivity index (χ2v) is 4.73. The molecular weight excluding hydrogens is 201 g/mol. The zero-order valence-electron chi connectivity index (χ0n) is 10.2. The molecule has 0 heterocycles. The van der Waals surface area contributed by atoms with Crippen LogP contribution in [0.2, 0.25) is 0 Å². The summed E-state index contributed by atoms with van der Waals surface area (Å²) >= 11 is 0. The molecule has 0 radical (unpaired) electrons. The van der Waals surface area contributed by atoms with Gasteiger partial charge in [-0.3, -0.25) is 4.90 Å². The van der Waals surface area contributed by atoms with Gasteiger partial charge >= 0.3 is 0 Å². The SMILES string of the molecule is CCCCN(C)[C@H]1CCc2ccc(F)cc21. The van der Waals surface area contributed by atoms with Gasteiger partial charge in [-0.1, -0.05) is 19.4 Å². The zero-order chi connectivity index (χ0) is 11.5. The number of hydrogen-bond acceptors (Lipinski definition) is 1. The van der Waals surface area contributed by atoms with Crippen LogP contribution in [0.15, 0.2) is 18.2 Å². The van der Waals surface area contributed by atoms with Crippen LogP contribution in [0.3, 0.4) is 0 Å². The van der Waals surface area contributed by atoms with Crippen molar-refractivity contribution in [2.45, 2.75) is 38.6 Å². The van der Waals surface area contributed by atoms with Crippen molar-refractivity contribution in [1.29, 1.82) is 0 Å². The summed E-state index contributed by atoms with van der Waals surface area (Å²) in [5.74, 6) is -0.102. The highest BCUT2D eigenvalue weighted by molar-refractivity contribution is 5.35. The van der Waals surface area contributed by atoms with E-state index in [0.717, 1.165) is 19.4 Å². The predicted octanol–water partition coefficient (Wildman–Crippen LogP) is 3.54. The van der Waals surface area contributed by atoms with Crippen LogP contribution in [0.5, 0.6) is 0 Å². The molecule has 0 unspecified atom stereocenters. The third-order valence-electron chi connectivity index (χ3n) is 3.55. The van der Waals surface area contributed by atoms with Crippen LogP contribution in [0.25, 0.3) is 0 Å².